The maximum absolute atomic E-state index is 14.0. The lowest BCUT2D eigenvalue weighted by Gasteiger charge is -2.37. The molecular formula is C39H40N4O8. The lowest BCUT2D eigenvalue weighted by atomic mass is 9.77. The fraction of sp³-hybridized carbons (Fsp3) is 0.282. The predicted molar refractivity (Wildman–Crippen MR) is 189 cm³/mol. The number of ether oxygens (including phenoxy) is 3. The highest BCUT2D eigenvalue weighted by atomic mass is 16.5. The third kappa shape index (κ3) is 7.72. The molecule has 0 radical (unpaired) electrons. The molecule has 12 nitrogen and oxygen atoms in total. The molecule has 3 amide bonds. The summed E-state index contributed by atoms with van der Waals surface area (Å²) in [5.74, 6) is -1.87. The first-order valence-corrected chi connectivity index (χ1v) is 16.7. The van der Waals surface area contributed by atoms with Crippen LogP contribution < -0.4 is 26.4 Å². The molecular weight excluding hydrogens is 652 g/mol. The van der Waals surface area contributed by atoms with Gasteiger partial charge in [-0.3, -0.25) is 14.4 Å². The standard InChI is InChI=1S/C39H40N4O8/c1-23(2)16-31(42-35(44)21-49-22-36(45)46)38(48)43-32(17-24-8-4-3-5-9-24)37(47)41-27-13-15-30-34(19-27)51-33-18-26(40)12-14-29(33)39(30)28-11-7-6-10-25(28)20-50-39/h3-15,18-19,23,31-32H,16-17,20-22,40H2,1-2H3,(H,41,47)(H,42,44)(H,43,48)(H,45,46)/t31-,32-,39?/m0/s1. The third-order valence-electron chi connectivity index (χ3n) is 8.81. The third-order valence-corrected chi connectivity index (χ3v) is 8.81. The lowest BCUT2D eigenvalue weighted by Crippen LogP contribution is -2.54. The molecule has 3 atom stereocenters. The normalized spacial score (nSPS) is 16.6. The van der Waals surface area contributed by atoms with Crippen molar-refractivity contribution in [1.29, 1.82) is 0 Å². The van der Waals surface area contributed by atoms with E-state index in [2.05, 4.69) is 16.0 Å². The molecule has 0 saturated heterocycles. The molecule has 0 saturated carbocycles. The van der Waals surface area contributed by atoms with E-state index in [4.69, 9.17) is 25.1 Å². The topological polar surface area (TPSA) is 178 Å². The lowest BCUT2D eigenvalue weighted by molar-refractivity contribution is -0.144. The highest BCUT2D eigenvalue weighted by Gasteiger charge is 2.49. The minimum atomic E-state index is -1.22. The van der Waals surface area contributed by atoms with Crippen LogP contribution in [0.3, 0.4) is 0 Å². The van der Waals surface area contributed by atoms with Gasteiger partial charge in [-0.25, -0.2) is 4.79 Å². The summed E-state index contributed by atoms with van der Waals surface area (Å²) in [5, 5.41) is 17.2. The van der Waals surface area contributed by atoms with Gasteiger partial charge in [0.25, 0.3) is 0 Å². The Balaban J connectivity index is 1.26. The predicted octanol–water partition coefficient (Wildman–Crippen LogP) is 4.49. The van der Waals surface area contributed by atoms with Gasteiger partial charge in [-0.1, -0.05) is 68.4 Å². The van der Waals surface area contributed by atoms with Crippen molar-refractivity contribution >= 4 is 35.1 Å². The molecule has 2 aliphatic heterocycles. The van der Waals surface area contributed by atoms with Gasteiger partial charge < -0.3 is 41.0 Å². The molecule has 2 heterocycles. The molecule has 6 N–H and O–H groups in total. The number of fused-ring (bicyclic) bond motifs is 6. The van der Waals surface area contributed by atoms with E-state index in [1.165, 1.54) is 0 Å². The Morgan fingerprint density at radius 2 is 1.53 bits per heavy atom. The van der Waals surface area contributed by atoms with Crippen molar-refractivity contribution < 1.29 is 38.5 Å². The van der Waals surface area contributed by atoms with Gasteiger partial charge >= 0.3 is 5.97 Å². The number of hydrogen-bond donors (Lipinski definition) is 5. The average molecular weight is 693 g/mol. The van der Waals surface area contributed by atoms with Crippen molar-refractivity contribution in [2.45, 2.75) is 51.0 Å². The van der Waals surface area contributed by atoms with Crippen molar-refractivity contribution in [3.63, 3.8) is 0 Å². The number of anilines is 2. The van der Waals surface area contributed by atoms with Gasteiger partial charge in [0.2, 0.25) is 17.7 Å². The van der Waals surface area contributed by atoms with Crippen LogP contribution in [0.15, 0.2) is 91.0 Å². The number of nitrogen functional groups attached to an aromatic ring is 1. The smallest absolute Gasteiger partial charge is 0.329 e. The minimum absolute atomic E-state index is 0.0115. The summed E-state index contributed by atoms with van der Waals surface area (Å²) in [5.41, 5.74) is 10.7. The molecule has 4 aromatic rings. The second kappa shape index (κ2) is 15.0. The Morgan fingerprint density at radius 1 is 0.824 bits per heavy atom. The first-order valence-electron chi connectivity index (χ1n) is 16.7. The number of aliphatic carboxylic acids is 1. The molecule has 51 heavy (non-hydrogen) atoms. The van der Waals surface area contributed by atoms with E-state index in [9.17, 15) is 19.2 Å². The molecule has 0 bridgehead atoms. The maximum Gasteiger partial charge on any atom is 0.329 e. The van der Waals surface area contributed by atoms with Crippen molar-refractivity contribution in [2.75, 3.05) is 24.3 Å². The van der Waals surface area contributed by atoms with Crippen LogP contribution in [0.4, 0.5) is 11.4 Å². The van der Waals surface area contributed by atoms with Gasteiger partial charge in [-0.15, -0.1) is 0 Å². The van der Waals surface area contributed by atoms with Crippen LogP contribution >= 0.6 is 0 Å². The van der Waals surface area contributed by atoms with Gasteiger partial charge in [-0.2, -0.15) is 0 Å². The van der Waals surface area contributed by atoms with Gasteiger partial charge in [0.15, 0.2) is 5.60 Å². The first-order chi connectivity index (χ1) is 24.5. The molecule has 0 fully saturated rings. The highest BCUT2D eigenvalue weighted by Crippen LogP contribution is 2.56. The summed E-state index contributed by atoms with van der Waals surface area (Å²) in [6.45, 7) is 3.02. The number of amides is 3. The quantitative estimate of drug-likeness (QED) is 0.126. The zero-order chi connectivity index (χ0) is 36.1. The Bertz CT molecular complexity index is 1950. The number of carbonyl (C=O) groups is 4. The Kier molecular flexibility index (Phi) is 10.4. The number of nitrogens with two attached hydrogens (primary N) is 1. The van der Waals surface area contributed by atoms with E-state index in [0.29, 0.717) is 29.5 Å². The van der Waals surface area contributed by atoms with E-state index in [1.807, 2.05) is 86.6 Å². The fourth-order valence-corrected chi connectivity index (χ4v) is 6.58. The Labute approximate surface area is 295 Å². The van der Waals surface area contributed by atoms with E-state index < -0.39 is 54.6 Å². The molecule has 12 heteroatoms. The van der Waals surface area contributed by atoms with Crippen LogP contribution in [0.2, 0.25) is 0 Å². The number of carboxylic acid groups (broad SMARTS) is 1. The van der Waals surface area contributed by atoms with Gasteiger partial charge in [0, 0.05) is 41.1 Å². The number of rotatable bonds is 13. The highest BCUT2D eigenvalue weighted by molar-refractivity contribution is 5.99. The monoisotopic (exact) mass is 692 g/mol. The molecule has 4 aromatic carbocycles. The van der Waals surface area contributed by atoms with E-state index in [-0.39, 0.29) is 18.8 Å². The van der Waals surface area contributed by atoms with E-state index >= 15 is 0 Å². The van der Waals surface area contributed by atoms with Crippen LogP contribution in [0.1, 0.15) is 48.1 Å². The first kappa shape index (κ1) is 35.1. The molecule has 6 rings (SSSR count). The van der Waals surface area contributed by atoms with Crippen LogP contribution in [-0.2, 0) is 47.3 Å². The number of nitrogens with one attached hydrogen (secondary N) is 3. The summed E-state index contributed by atoms with van der Waals surface area (Å²) in [6, 6.07) is 26.1. The van der Waals surface area contributed by atoms with E-state index in [1.54, 1.807) is 18.2 Å². The molecule has 264 valence electrons. The number of hydrogen-bond acceptors (Lipinski definition) is 8. The zero-order valence-corrected chi connectivity index (χ0v) is 28.3. The molecule has 1 spiro atoms. The summed E-state index contributed by atoms with van der Waals surface area (Å²) in [4.78, 5) is 50.9. The Morgan fingerprint density at radius 3 is 2.27 bits per heavy atom. The van der Waals surface area contributed by atoms with Crippen LogP contribution in [0, 0.1) is 5.92 Å². The molecule has 0 aromatic heterocycles. The molecule has 2 aliphatic rings. The maximum atomic E-state index is 14.0. The summed E-state index contributed by atoms with van der Waals surface area (Å²) >= 11 is 0. The van der Waals surface area contributed by atoms with Crippen LogP contribution in [0.5, 0.6) is 11.5 Å². The van der Waals surface area contributed by atoms with Crippen molar-refractivity contribution in [3.05, 3.63) is 119 Å². The molecule has 1 unspecified atom stereocenters. The average Bonchev–Trinajstić information content (AvgIpc) is 3.47. The number of carboxylic acids is 1. The SMILES string of the molecule is CC(C)C[C@H](NC(=O)COCC(=O)O)C(=O)N[C@@H](Cc1ccccc1)C(=O)Nc1ccc2c(c1)Oc1cc(N)ccc1C21OCc2ccccc21. The number of benzene rings is 4. The second-order valence-electron chi connectivity index (χ2n) is 13.1. The largest absolute Gasteiger partial charge is 0.480 e. The van der Waals surface area contributed by atoms with Gasteiger partial charge in [0.1, 0.15) is 36.8 Å². The Hall–Kier alpha value is -5.72. The van der Waals surface area contributed by atoms with Crippen molar-refractivity contribution in [3.8, 4) is 11.5 Å². The number of carbonyl (C=O) groups excluding carboxylic acids is 3. The zero-order valence-electron chi connectivity index (χ0n) is 28.3. The van der Waals surface area contributed by atoms with Gasteiger partial charge in [0.05, 0.1) is 6.61 Å². The summed E-state index contributed by atoms with van der Waals surface area (Å²) in [7, 11) is 0. The van der Waals surface area contributed by atoms with Crippen molar-refractivity contribution in [1.82, 2.24) is 10.6 Å². The second-order valence-corrected chi connectivity index (χ2v) is 13.1. The van der Waals surface area contributed by atoms with Crippen LogP contribution in [-0.4, -0.2) is 54.1 Å². The van der Waals surface area contributed by atoms with E-state index in [0.717, 1.165) is 27.8 Å². The summed E-state index contributed by atoms with van der Waals surface area (Å²) in [6.07, 6.45) is 0.446. The summed E-state index contributed by atoms with van der Waals surface area (Å²) < 4.78 is 17.9. The molecule has 0 aliphatic carbocycles. The minimum Gasteiger partial charge on any atom is -0.480 e. The van der Waals surface area contributed by atoms with Crippen LogP contribution in [0.25, 0.3) is 0 Å². The van der Waals surface area contributed by atoms with Crippen molar-refractivity contribution in [2.24, 2.45) is 5.92 Å². The van der Waals surface area contributed by atoms with Gasteiger partial charge in [-0.05, 0) is 53.3 Å². The fourth-order valence-electron chi connectivity index (χ4n) is 6.58.